The van der Waals surface area contributed by atoms with Crippen LogP contribution in [0, 0.1) is 12.8 Å². The summed E-state index contributed by atoms with van der Waals surface area (Å²) in [5.74, 6) is -0.756. The molecule has 0 fully saturated rings. The van der Waals surface area contributed by atoms with Crippen LogP contribution in [-0.2, 0) is 4.79 Å². The van der Waals surface area contributed by atoms with Gasteiger partial charge >= 0.3 is 5.97 Å². The number of rotatable bonds is 5. The van der Waals surface area contributed by atoms with Crippen molar-refractivity contribution in [2.45, 2.75) is 39.8 Å². The Labute approximate surface area is 99.7 Å². The summed E-state index contributed by atoms with van der Waals surface area (Å²) in [4.78, 5) is 15.4. The third-order valence-electron chi connectivity index (χ3n) is 2.44. The lowest BCUT2D eigenvalue weighted by Gasteiger charge is -2.21. The van der Waals surface area contributed by atoms with Crippen molar-refractivity contribution in [1.82, 2.24) is 10.3 Å². The summed E-state index contributed by atoms with van der Waals surface area (Å²) >= 11 is 1.58. The molecule has 2 N–H and O–H groups in total. The summed E-state index contributed by atoms with van der Waals surface area (Å²) in [6.45, 7) is 7.67. The molecular formula is C11H18N2O2S. The van der Waals surface area contributed by atoms with Crippen molar-refractivity contribution < 1.29 is 9.90 Å². The first kappa shape index (κ1) is 13.1. The highest BCUT2D eigenvalue weighted by molar-refractivity contribution is 7.09. The monoisotopic (exact) mass is 242 g/mol. The first-order valence-corrected chi connectivity index (χ1v) is 6.20. The maximum absolute atomic E-state index is 11.0. The number of nitrogens with zero attached hydrogens (tertiary/aromatic N) is 1. The molecule has 2 atom stereocenters. The van der Waals surface area contributed by atoms with Crippen molar-refractivity contribution in [3.63, 3.8) is 0 Å². The average molecular weight is 242 g/mol. The molecule has 0 aliphatic carbocycles. The standard InChI is InChI=1S/C11H18N2O2S/c1-6(2)10(11(14)15)12-7(3)9-5-16-8(4)13-9/h5-7,10,12H,1-4H3,(H,14,15). The molecule has 16 heavy (non-hydrogen) atoms. The predicted molar refractivity (Wildman–Crippen MR) is 64.7 cm³/mol. The van der Waals surface area contributed by atoms with Gasteiger partial charge in [0.05, 0.1) is 10.7 Å². The number of carbonyl (C=O) groups is 1. The topological polar surface area (TPSA) is 62.2 Å². The van der Waals surface area contributed by atoms with Crippen LogP contribution in [0.2, 0.25) is 0 Å². The highest BCUT2D eigenvalue weighted by atomic mass is 32.1. The van der Waals surface area contributed by atoms with E-state index in [0.29, 0.717) is 0 Å². The van der Waals surface area contributed by atoms with Crippen LogP contribution in [-0.4, -0.2) is 22.1 Å². The smallest absolute Gasteiger partial charge is 0.320 e. The molecule has 5 heteroatoms. The van der Waals surface area contributed by atoms with E-state index in [0.717, 1.165) is 10.7 Å². The second-order valence-corrected chi connectivity index (χ2v) is 5.30. The van der Waals surface area contributed by atoms with Gasteiger partial charge in [0.1, 0.15) is 6.04 Å². The van der Waals surface area contributed by atoms with Gasteiger partial charge in [0.25, 0.3) is 0 Å². The average Bonchev–Trinajstić information content (AvgIpc) is 2.59. The summed E-state index contributed by atoms with van der Waals surface area (Å²) in [6, 6.07) is -0.564. The first-order valence-electron chi connectivity index (χ1n) is 5.32. The summed E-state index contributed by atoms with van der Waals surface area (Å²) < 4.78 is 0. The van der Waals surface area contributed by atoms with E-state index in [1.807, 2.05) is 33.1 Å². The molecule has 1 rings (SSSR count). The van der Waals surface area contributed by atoms with Crippen molar-refractivity contribution in [3.8, 4) is 0 Å². The lowest BCUT2D eigenvalue weighted by Crippen LogP contribution is -2.42. The molecule has 0 amide bonds. The van der Waals surface area contributed by atoms with Crippen molar-refractivity contribution >= 4 is 17.3 Å². The van der Waals surface area contributed by atoms with Crippen molar-refractivity contribution in [2.75, 3.05) is 0 Å². The van der Waals surface area contributed by atoms with Crippen LogP contribution in [0.1, 0.15) is 37.5 Å². The number of aryl methyl sites for hydroxylation is 1. The van der Waals surface area contributed by atoms with Crippen molar-refractivity contribution in [1.29, 1.82) is 0 Å². The fourth-order valence-corrected chi connectivity index (χ4v) is 2.19. The molecule has 2 unspecified atom stereocenters. The highest BCUT2D eigenvalue weighted by Crippen LogP contribution is 2.17. The van der Waals surface area contributed by atoms with Crippen LogP contribution in [0.5, 0.6) is 0 Å². The Morgan fingerprint density at radius 1 is 1.50 bits per heavy atom. The molecule has 1 aromatic rings. The Bertz CT molecular complexity index is 363. The van der Waals surface area contributed by atoms with E-state index < -0.39 is 12.0 Å². The number of hydrogen-bond acceptors (Lipinski definition) is 4. The Morgan fingerprint density at radius 3 is 2.50 bits per heavy atom. The summed E-state index contributed by atoms with van der Waals surface area (Å²) in [7, 11) is 0. The van der Waals surface area contributed by atoms with Crippen LogP contribution in [0.15, 0.2) is 5.38 Å². The number of thiazole rings is 1. The number of hydrogen-bond donors (Lipinski definition) is 2. The third kappa shape index (κ3) is 3.28. The molecule has 0 aliphatic rings. The van der Waals surface area contributed by atoms with Gasteiger partial charge in [0, 0.05) is 11.4 Å². The van der Waals surface area contributed by atoms with E-state index in [4.69, 9.17) is 5.11 Å². The maximum Gasteiger partial charge on any atom is 0.320 e. The minimum atomic E-state index is -0.811. The molecule has 0 aliphatic heterocycles. The lowest BCUT2D eigenvalue weighted by atomic mass is 10.0. The third-order valence-corrected chi connectivity index (χ3v) is 3.23. The maximum atomic E-state index is 11.0. The Kier molecular flexibility index (Phi) is 4.44. The van der Waals surface area contributed by atoms with E-state index in [-0.39, 0.29) is 12.0 Å². The van der Waals surface area contributed by atoms with Crippen LogP contribution < -0.4 is 5.32 Å². The van der Waals surface area contributed by atoms with Gasteiger partial charge in [-0.3, -0.25) is 10.1 Å². The minimum absolute atomic E-state index is 0.0338. The number of aliphatic carboxylic acids is 1. The largest absolute Gasteiger partial charge is 0.480 e. The molecule has 0 saturated heterocycles. The molecule has 1 aromatic heterocycles. The van der Waals surface area contributed by atoms with Gasteiger partial charge in [0.15, 0.2) is 0 Å². The Hall–Kier alpha value is -0.940. The Morgan fingerprint density at radius 2 is 2.12 bits per heavy atom. The zero-order valence-corrected chi connectivity index (χ0v) is 10.8. The Balaban J connectivity index is 2.68. The minimum Gasteiger partial charge on any atom is -0.480 e. The molecule has 90 valence electrons. The van der Waals surface area contributed by atoms with Crippen molar-refractivity contribution in [3.05, 3.63) is 16.1 Å². The predicted octanol–water partition coefficient (Wildman–Crippen LogP) is 2.21. The molecule has 0 saturated carbocycles. The van der Waals surface area contributed by atoms with Crippen molar-refractivity contribution in [2.24, 2.45) is 5.92 Å². The quantitative estimate of drug-likeness (QED) is 0.831. The zero-order valence-electron chi connectivity index (χ0n) is 10.0. The number of aromatic nitrogens is 1. The highest BCUT2D eigenvalue weighted by Gasteiger charge is 2.24. The van der Waals surface area contributed by atoms with Crippen LogP contribution in [0.4, 0.5) is 0 Å². The molecule has 1 heterocycles. The van der Waals surface area contributed by atoms with Gasteiger partial charge < -0.3 is 5.11 Å². The normalized spacial score (nSPS) is 15.1. The molecule has 0 spiro atoms. The SMILES string of the molecule is Cc1nc(C(C)NC(C(=O)O)C(C)C)cs1. The van der Waals surface area contributed by atoms with E-state index in [2.05, 4.69) is 10.3 Å². The second-order valence-electron chi connectivity index (χ2n) is 4.24. The fraction of sp³-hybridized carbons (Fsp3) is 0.636. The first-order chi connectivity index (χ1) is 7.41. The van der Waals surface area contributed by atoms with E-state index in [1.165, 1.54) is 0 Å². The zero-order chi connectivity index (χ0) is 12.3. The van der Waals surface area contributed by atoms with Crippen LogP contribution in [0.3, 0.4) is 0 Å². The van der Waals surface area contributed by atoms with Gasteiger partial charge in [0.2, 0.25) is 0 Å². The molecular weight excluding hydrogens is 224 g/mol. The molecule has 4 nitrogen and oxygen atoms in total. The molecule has 0 aromatic carbocycles. The van der Waals surface area contributed by atoms with Crippen LogP contribution >= 0.6 is 11.3 Å². The summed E-state index contributed by atoms with van der Waals surface area (Å²) in [6.07, 6.45) is 0. The van der Waals surface area contributed by atoms with Gasteiger partial charge in [-0.2, -0.15) is 0 Å². The molecule has 0 bridgehead atoms. The second kappa shape index (κ2) is 5.41. The number of nitrogens with one attached hydrogen (secondary N) is 1. The van der Waals surface area contributed by atoms with Gasteiger partial charge in [-0.05, 0) is 19.8 Å². The summed E-state index contributed by atoms with van der Waals surface area (Å²) in [5, 5.41) is 15.1. The van der Waals surface area contributed by atoms with E-state index in [9.17, 15) is 4.79 Å². The fourth-order valence-electron chi connectivity index (χ4n) is 1.48. The number of carboxylic acid groups (broad SMARTS) is 1. The van der Waals surface area contributed by atoms with Gasteiger partial charge in [-0.1, -0.05) is 13.8 Å². The van der Waals surface area contributed by atoms with Crippen LogP contribution in [0.25, 0.3) is 0 Å². The van der Waals surface area contributed by atoms with E-state index >= 15 is 0 Å². The summed E-state index contributed by atoms with van der Waals surface area (Å²) in [5.41, 5.74) is 0.911. The van der Waals surface area contributed by atoms with Gasteiger partial charge in [-0.15, -0.1) is 11.3 Å². The molecule has 0 radical (unpaired) electrons. The number of carboxylic acids is 1. The van der Waals surface area contributed by atoms with E-state index in [1.54, 1.807) is 11.3 Å². The van der Waals surface area contributed by atoms with Gasteiger partial charge in [-0.25, -0.2) is 4.98 Å². The lowest BCUT2D eigenvalue weighted by molar-refractivity contribution is -0.140.